The molecule has 4 heterocycles. The number of carboxylic acids is 4. The van der Waals surface area contributed by atoms with Crippen molar-refractivity contribution in [1.82, 2.24) is 0 Å². The van der Waals surface area contributed by atoms with Crippen molar-refractivity contribution < 1.29 is 123 Å². The van der Waals surface area contributed by atoms with Gasteiger partial charge in [0.1, 0.15) is 73.2 Å². The summed E-state index contributed by atoms with van der Waals surface area (Å²) in [6.45, 7) is 0. The molecule has 20 unspecified atom stereocenters. The summed E-state index contributed by atoms with van der Waals surface area (Å²) >= 11 is 0. The van der Waals surface area contributed by atoms with E-state index in [9.17, 15) is 85.6 Å². The third-order valence-electron chi connectivity index (χ3n) is 8.32. The van der Waals surface area contributed by atoms with Crippen molar-refractivity contribution in [2.45, 2.75) is 123 Å². The van der Waals surface area contributed by atoms with Gasteiger partial charge in [-0.3, -0.25) is 0 Å². The third-order valence-corrected chi connectivity index (χ3v) is 8.32. The quantitative estimate of drug-likeness (QED) is 0.0936. The second kappa shape index (κ2) is 15.8. The number of rotatable bonds is 11. The van der Waals surface area contributed by atoms with Gasteiger partial charge in [-0.05, 0) is 0 Å². The van der Waals surface area contributed by atoms with Gasteiger partial charge in [0.15, 0.2) is 49.6 Å². The summed E-state index contributed by atoms with van der Waals surface area (Å²) in [6, 6.07) is 0. The van der Waals surface area contributed by atoms with Crippen LogP contribution in [-0.4, -0.2) is 220 Å². The Labute approximate surface area is 277 Å². The van der Waals surface area contributed by atoms with E-state index >= 15 is 0 Å². The van der Waals surface area contributed by atoms with Gasteiger partial charge in [-0.15, -0.1) is 0 Å². The zero-order chi connectivity index (χ0) is 37.5. The van der Waals surface area contributed by atoms with E-state index in [1.807, 2.05) is 0 Å². The Morgan fingerprint density at radius 1 is 0.400 bits per heavy atom. The Bertz CT molecular complexity index is 1230. The SMILES string of the molecule is COC1C(C(=O)O)OC(OC2C(C(=O)O)OC(OC3C(C(=O)O)OC(OC4C(C(=O)O)OC(O)C(O)C4O)C(O)C3O)C(O)C2O)C(O)C1O. The van der Waals surface area contributed by atoms with E-state index in [1.54, 1.807) is 0 Å². The maximum absolute atomic E-state index is 12.1. The summed E-state index contributed by atoms with van der Waals surface area (Å²) in [7, 11) is 0.994. The maximum Gasteiger partial charge on any atom is 0.335 e. The highest BCUT2D eigenvalue weighted by Crippen LogP contribution is 2.34. The van der Waals surface area contributed by atoms with Gasteiger partial charge in [0.2, 0.25) is 0 Å². The monoisotopic (exact) mass is 736 g/mol. The van der Waals surface area contributed by atoms with Crippen molar-refractivity contribution in [3.8, 4) is 0 Å². The number of carboxylic acid groups (broad SMARTS) is 4. The fourth-order valence-corrected chi connectivity index (χ4v) is 5.68. The zero-order valence-electron chi connectivity index (χ0n) is 25.3. The van der Waals surface area contributed by atoms with E-state index in [0.717, 1.165) is 7.11 Å². The molecule has 286 valence electrons. The van der Waals surface area contributed by atoms with Crippen molar-refractivity contribution in [2.24, 2.45) is 0 Å². The predicted octanol–water partition coefficient (Wildman–Crippen LogP) is -8.73. The van der Waals surface area contributed by atoms with Crippen molar-refractivity contribution in [3.63, 3.8) is 0 Å². The minimum Gasteiger partial charge on any atom is -0.479 e. The fraction of sp³-hybridized carbons (Fsp3) is 0.840. The molecule has 4 fully saturated rings. The van der Waals surface area contributed by atoms with E-state index in [4.69, 9.17) is 33.2 Å². The van der Waals surface area contributed by atoms with Crippen LogP contribution in [0.1, 0.15) is 0 Å². The van der Waals surface area contributed by atoms with Gasteiger partial charge < -0.3 is 104 Å². The normalized spacial score (nSPS) is 48.4. The van der Waals surface area contributed by atoms with Crippen molar-refractivity contribution in [1.29, 1.82) is 0 Å². The first-order valence-electron chi connectivity index (χ1n) is 14.5. The third kappa shape index (κ3) is 7.68. The topological polar surface area (TPSA) is 405 Å². The molecule has 0 aromatic rings. The lowest BCUT2D eigenvalue weighted by Gasteiger charge is -2.47. The van der Waals surface area contributed by atoms with Gasteiger partial charge in [-0.25, -0.2) is 19.2 Å². The Morgan fingerprint density at radius 2 is 0.660 bits per heavy atom. The summed E-state index contributed by atoms with van der Waals surface area (Å²) in [5.41, 5.74) is 0. The van der Waals surface area contributed by atoms with Crippen LogP contribution in [0.2, 0.25) is 0 Å². The zero-order valence-corrected chi connectivity index (χ0v) is 25.3. The van der Waals surface area contributed by atoms with Crippen LogP contribution < -0.4 is 0 Å². The van der Waals surface area contributed by atoms with Crippen molar-refractivity contribution in [2.75, 3.05) is 7.11 Å². The first kappa shape index (κ1) is 40.0. The van der Waals surface area contributed by atoms with Gasteiger partial charge in [0.25, 0.3) is 0 Å². The van der Waals surface area contributed by atoms with Gasteiger partial charge in [0.05, 0.1) is 0 Å². The summed E-state index contributed by atoms with van der Waals surface area (Å²) < 4.78 is 40.6. The Balaban J connectivity index is 1.51. The van der Waals surface area contributed by atoms with Gasteiger partial charge in [0, 0.05) is 7.11 Å². The Hall–Kier alpha value is -2.80. The molecule has 4 rings (SSSR count). The average Bonchev–Trinajstić information content (AvgIpc) is 3.05. The van der Waals surface area contributed by atoms with Crippen LogP contribution in [0.4, 0.5) is 0 Å². The molecule has 25 nitrogen and oxygen atoms in total. The fourth-order valence-electron chi connectivity index (χ4n) is 5.68. The molecule has 50 heavy (non-hydrogen) atoms. The number of aliphatic hydroxyl groups is 9. The number of ether oxygens (including phenoxy) is 8. The molecular weight excluding hydrogens is 700 g/mol. The molecular formula is C25H36O25. The molecule has 0 aliphatic carbocycles. The van der Waals surface area contributed by atoms with E-state index in [-0.39, 0.29) is 0 Å². The van der Waals surface area contributed by atoms with Crippen LogP contribution in [0.25, 0.3) is 0 Å². The summed E-state index contributed by atoms with van der Waals surface area (Å²) in [6.07, 6.45) is -44.4. The molecule has 0 amide bonds. The molecule has 0 saturated carbocycles. The molecule has 0 bridgehead atoms. The van der Waals surface area contributed by atoms with Crippen LogP contribution in [0, 0.1) is 0 Å². The molecule has 0 aromatic carbocycles. The van der Waals surface area contributed by atoms with Crippen LogP contribution in [0.3, 0.4) is 0 Å². The van der Waals surface area contributed by atoms with Crippen LogP contribution in [0.15, 0.2) is 0 Å². The van der Waals surface area contributed by atoms with Crippen molar-refractivity contribution >= 4 is 23.9 Å². The highest BCUT2D eigenvalue weighted by molar-refractivity contribution is 5.75. The molecule has 4 aliphatic rings. The second-order valence-corrected chi connectivity index (χ2v) is 11.5. The Kier molecular flexibility index (Phi) is 12.7. The lowest BCUT2D eigenvalue weighted by molar-refractivity contribution is -0.378. The second-order valence-electron chi connectivity index (χ2n) is 11.5. The number of methoxy groups -OCH3 is 1. The molecule has 0 radical (unpaired) electrons. The van der Waals surface area contributed by atoms with Gasteiger partial charge >= 0.3 is 23.9 Å². The smallest absolute Gasteiger partial charge is 0.335 e. The van der Waals surface area contributed by atoms with E-state index in [2.05, 4.69) is 4.74 Å². The molecule has 0 aromatic heterocycles. The first-order chi connectivity index (χ1) is 23.3. The molecule has 4 saturated heterocycles. The van der Waals surface area contributed by atoms with Gasteiger partial charge in [-0.1, -0.05) is 0 Å². The molecule has 4 aliphatic heterocycles. The summed E-state index contributed by atoms with van der Waals surface area (Å²) in [5.74, 6) is -7.45. The standard InChI is InChI=1S/C25H36O25/c1-43-10-3(27)7(31)23(48-14(10)18(34)35)46-12-5(29)9(33)25(50-16(12)20(38)39)47-13-4(28)8(32)24(49-17(13)21(40)41)45-11-2(26)6(30)22(42)44-15(11)19(36)37/h2-17,22-33,42H,1H3,(H,34,35)(H,36,37)(H,38,39)(H,40,41). The minimum atomic E-state index is -2.42. The number of carbonyl (C=O) groups is 4. The van der Waals surface area contributed by atoms with Crippen molar-refractivity contribution in [3.05, 3.63) is 0 Å². The Morgan fingerprint density at radius 3 is 0.960 bits per heavy atom. The lowest BCUT2D eigenvalue weighted by Crippen LogP contribution is -2.68. The predicted molar refractivity (Wildman–Crippen MR) is 141 cm³/mol. The number of hydrogen-bond donors (Lipinski definition) is 13. The summed E-state index contributed by atoms with van der Waals surface area (Å²) in [5, 5.41) is 132. The summed E-state index contributed by atoms with van der Waals surface area (Å²) in [4.78, 5) is 47.5. The largest absolute Gasteiger partial charge is 0.479 e. The molecule has 25 heteroatoms. The first-order valence-corrected chi connectivity index (χ1v) is 14.5. The highest BCUT2D eigenvalue weighted by atomic mass is 16.8. The number of aliphatic carboxylic acids is 4. The van der Waals surface area contributed by atoms with E-state index in [0.29, 0.717) is 0 Å². The minimum absolute atomic E-state index is 0.994. The highest BCUT2D eigenvalue weighted by Gasteiger charge is 2.58. The van der Waals surface area contributed by atoms with E-state index < -0.39 is 147 Å². The number of aliphatic hydroxyl groups excluding tert-OH is 9. The van der Waals surface area contributed by atoms with Crippen LogP contribution >= 0.6 is 0 Å². The average molecular weight is 737 g/mol. The molecule has 13 N–H and O–H groups in total. The molecule has 0 spiro atoms. The van der Waals surface area contributed by atoms with Crippen LogP contribution in [-0.2, 0) is 57.1 Å². The maximum atomic E-state index is 12.1. The number of hydrogen-bond acceptors (Lipinski definition) is 21. The lowest BCUT2D eigenvalue weighted by atomic mass is 9.95. The molecule has 20 atom stereocenters. The van der Waals surface area contributed by atoms with Gasteiger partial charge in [-0.2, -0.15) is 0 Å². The van der Waals surface area contributed by atoms with Crippen LogP contribution in [0.5, 0.6) is 0 Å². The van der Waals surface area contributed by atoms with E-state index in [1.165, 1.54) is 0 Å².